The summed E-state index contributed by atoms with van der Waals surface area (Å²) in [5.74, 6) is -0.222. The third-order valence-electron chi connectivity index (χ3n) is 3.37. The molecular formula is C16H20N4O2S. The van der Waals surface area contributed by atoms with Crippen molar-refractivity contribution < 1.29 is 9.63 Å². The van der Waals surface area contributed by atoms with Crippen LogP contribution in [-0.2, 0) is 4.84 Å². The maximum absolute atomic E-state index is 12.3. The molecule has 0 aliphatic carbocycles. The Morgan fingerprint density at radius 1 is 1.43 bits per heavy atom. The minimum absolute atomic E-state index is 0.0534. The first-order valence-electron chi connectivity index (χ1n) is 7.43. The molecule has 0 spiro atoms. The number of carbonyl (C=O) groups is 1. The Kier molecular flexibility index (Phi) is 5.81. The molecule has 6 nitrogen and oxygen atoms in total. The molecule has 1 N–H and O–H groups in total. The van der Waals surface area contributed by atoms with E-state index in [4.69, 9.17) is 4.84 Å². The van der Waals surface area contributed by atoms with Gasteiger partial charge in [0.15, 0.2) is 0 Å². The van der Waals surface area contributed by atoms with Gasteiger partial charge in [0.25, 0.3) is 5.91 Å². The topological polar surface area (TPSA) is 76.5 Å². The van der Waals surface area contributed by atoms with Gasteiger partial charge in [0.05, 0.1) is 17.1 Å². The van der Waals surface area contributed by atoms with Crippen LogP contribution >= 0.6 is 11.5 Å². The minimum Gasteiger partial charge on any atom is -0.393 e. The van der Waals surface area contributed by atoms with E-state index in [0.717, 1.165) is 23.5 Å². The number of hydrogen-bond acceptors (Lipinski definition) is 6. The van der Waals surface area contributed by atoms with Crippen LogP contribution in [-0.4, -0.2) is 27.3 Å². The maximum Gasteiger partial charge on any atom is 0.269 e. The normalized spacial score (nSPS) is 12.8. The molecule has 0 saturated carbocycles. The van der Waals surface area contributed by atoms with Crippen molar-refractivity contribution in [2.45, 2.75) is 40.2 Å². The Morgan fingerprint density at radius 2 is 2.17 bits per heavy atom. The second-order valence-electron chi connectivity index (χ2n) is 5.19. The number of nitrogens with one attached hydrogen (secondary N) is 1. The minimum atomic E-state index is -0.222. The summed E-state index contributed by atoms with van der Waals surface area (Å²) in [6.45, 7) is 7.61. The van der Waals surface area contributed by atoms with Gasteiger partial charge in [-0.05, 0) is 44.8 Å². The molecule has 1 heterocycles. The first-order valence-corrected chi connectivity index (χ1v) is 8.20. The van der Waals surface area contributed by atoms with Gasteiger partial charge < -0.3 is 10.2 Å². The van der Waals surface area contributed by atoms with Crippen molar-refractivity contribution in [2.24, 2.45) is 5.16 Å². The van der Waals surface area contributed by atoms with E-state index in [1.807, 2.05) is 45.0 Å². The Bertz CT molecular complexity index is 712. The fraction of sp³-hybridized carbons (Fsp3) is 0.375. The van der Waals surface area contributed by atoms with Crippen LogP contribution in [0, 0.1) is 6.92 Å². The van der Waals surface area contributed by atoms with E-state index < -0.39 is 0 Å². The lowest BCUT2D eigenvalue weighted by Crippen LogP contribution is -2.14. The summed E-state index contributed by atoms with van der Waals surface area (Å²) in [4.78, 5) is 18.3. The van der Waals surface area contributed by atoms with Crippen molar-refractivity contribution in [2.75, 3.05) is 5.32 Å². The lowest BCUT2D eigenvalue weighted by molar-refractivity contribution is 0.0699. The monoisotopic (exact) mass is 332 g/mol. The number of benzene rings is 1. The molecule has 0 saturated heterocycles. The second kappa shape index (κ2) is 7.82. The fourth-order valence-electron chi connectivity index (χ4n) is 1.82. The van der Waals surface area contributed by atoms with Crippen molar-refractivity contribution >= 4 is 28.8 Å². The SMILES string of the molecule is CCC(C)O/N=C(\C)c1ccccc1NC(=O)c1snnc1C. The molecule has 0 bridgehead atoms. The number of hydrogen-bond donors (Lipinski definition) is 1. The third-order valence-corrected chi connectivity index (χ3v) is 4.19. The molecule has 0 aliphatic heterocycles. The molecule has 1 aromatic carbocycles. The Labute approximate surface area is 139 Å². The number of amides is 1. The van der Waals surface area contributed by atoms with Gasteiger partial charge in [-0.1, -0.05) is 34.8 Å². The van der Waals surface area contributed by atoms with Crippen molar-refractivity contribution in [1.29, 1.82) is 0 Å². The quantitative estimate of drug-likeness (QED) is 0.647. The number of nitrogens with zero attached hydrogens (tertiary/aromatic N) is 3. The zero-order valence-corrected chi connectivity index (χ0v) is 14.5. The lowest BCUT2D eigenvalue weighted by Gasteiger charge is -2.11. The van der Waals surface area contributed by atoms with Gasteiger partial charge in [-0.2, -0.15) is 0 Å². The molecule has 1 aromatic heterocycles. The van der Waals surface area contributed by atoms with Gasteiger partial charge in [0.2, 0.25) is 0 Å². The zero-order chi connectivity index (χ0) is 16.8. The molecule has 1 unspecified atom stereocenters. The summed E-state index contributed by atoms with van der Waals surface area (Å²) in [7, 11) is 0. The molecule has 7 heteroatoms. The van der Waals surface area contributed by atoms with E-state index in [2.05, 4.69) is 20.1 Å². The standard InChI is InChI=1S/C16H20N4O2S/c1-5-10(2)22-19-11(3)13-8-6-7-9-14(13)17-16(21)15-12(4)18-20-23-15/h6-10H,5H2,1-4H3,(H,17,21)/b19-11+. The van der Waals surface area contributed by atoms with Crippen LogP contribution in [0.2, 0.25) is 0 Å². The van der Waals surface area contributed by atoms with E-state index in [1.165, 1.54) is 0 Å². The maximum atomic E-state index is 12.3. The summed E-state index contributed by atoms with van der Waals surface area (Å²) in [5.41, 5.74) is 2.83. The summed E-state index contributed by atoms with van der Waals surface area (Å²) in [6, 6.07) is 7.48. The van der Waals surface area contributed by atoms with Crippen LogP contribution in [0.1, 0.15) is 48.1 Å². The van der Waals surface area contributed by atoms with Crippen LogP contribution in [0.4, 0.5) is 5.69 Å². The van der Waals surface area contributed by atoms with Gasteiger partial charge in [-0.3, -0.25) is 4.79 Å². The molecule has 2 aromatic rings. The summed E-state index contributed by atoms with van der Waals surface area (Å²) in [5, 5.41) is 10.9. The van der Waals surface area contributed by atoms with Gasteiger partial charge in [0.1, 0.15) is 11.0 Å². The number of anilines is 1. The molecule has 1 amide bonds. The highest BCUT2D eigenvalue weighted by Crippen LogP contribution is 2.19. The van der Waals surface area contributed by atoms with Crippen LogP contribution in [0.3, 0.4) is 0 Å². The molecule has 1 atom stereocenters. The number of aromatic nitrogens is 2. The molecule has 0 fully saturated rings. The van der Waals surface area contributed by atoms with Gasteiger partial charge in [-0.15, -0.1) is 5.10 Å². The highest BCUT2D eigenvalue weighted by Gasteiger charge is 2.15. The first-order chi connectivity index (χ1) is 11.0. The van der Waals surface area contributed by atoms with Gasteiger partial charge in [0, 0.05) is 5.56 Å². The number of para-hydroxylation sites is 1. The van der Waals surface area contributed by atoms with Crippen LogP contribution in [0.5, 0.6) is 0 Å². The average molecular weight is 332 g/mol. The van der Waals surface area contributed by atoms with Gasteiger partial charge in [-0.25, -0.2) is 0 Å². The van der Waals surface area contributed by atoms with E-state index >= 15 is 0 Å². The summed E-state index contributed by atoms with van der Waals surface area (Å²) >= 11 is 1.08. The number of aryl methyl sites for hydroxylation is 1. The van der Waals surface area contributed by atoms with Gasteiger partial charge >= 0.3 is 0 Å². The Hall–Kier alpha value is -2.28. The number of oxime groups is 1. The number of carbonyl (C=O) groups excluding carboxylic acids is 1. The molecule has 2 rings (SSSR count). The fourth-order valence-corrected chi connectivity index (χ4v) is 2.37. The predicted octanol–water partition coefficient (Wildman–Crippen LogP) is 3.64. The first kappa shape index (κ1) is 17.1. The number of rotatable bonds is 6. The highest BCUT2D eigenvalue weighted by atomic mass is 32.1. The summed E-state index contributed by atoms with van der Waals surface area (Å²) in [6.07, 6.45) is 0.935. The van der Waals surface area contributed by atoms with Crippen molar-refractivity contribution in [3.63, 3.8) is 0 Å². The average Bonchev–Trinajstić information content (AvgIpc) is 2.98. The summed E-state index contributed by atoms with van der Waals surface area (Å²) < 4.78 is 3.79. The third kappa shape index (κ3) is 4.35. The zero-order valence-electron chi connectivity index (χ0n) is 13.7. The van der Waals surface area contributed by atoms with E-state index in [0.29, 0.717) is 22.0 Å². The lowest BCUT2D eigenvalue weighted by atomic mass is 10.1. The highest BCUT2D eigenvalue weighted by molar-refractivity contribution is 7.08. The Morgan fingerprint density at radius 3 is 2.83 bits per heavy atom. The molecule has 23 heavy (non-hydrogen) atoms. The van der Waals surface area contributed by atoms with Crippen molar-refractivity contribution in [1.82, 2.24) is 9.59 Å². The van der Waals surface area contributed by atoms with Crippen LogP contribution in [0.25, 0.3) is 0 Å². The molecule has 122 valence electrons. The molecule has 0 radical (unpaired) electrons. The van der Waals surface area contributed by atoms with Crippen LogP contribution in [0.15, 0.2) is 29.4 Å². The molecule has 0 aliphatic rings. The van der Waals surface area contributed by atoms with Crippen molar-refractivity contribution in [3.8, 4) is 0 Å². The van der Waals surface area contributed by atoms with Crippen molar-refractivity contribution in [3.05, 3.63) is 40.4 Å². The Balaban J connectivity index is 2.20. The van der Waals surface area contributed by atoms with E-state index in [9.17, 15) is 4.79 Å². The predicted molar refractivity (Wildman–Crippen MR) is 92.1 cm³/mol. The van der Waals surface area contributed by atoms with Crippen LogP contribution < -0.4 is 5.32 Å². The second-order valence-corrected chi connectivity index (χ2v) is 5.94. The smallest absolute Gasteiger partial charge is 0.269 e. The van der Waals surface area contributed by atoms with E-state index in [-0.39, 0.29) is 12.0 Å². The largest absolute Gasteiger partial charge is 0.393 e. The molecular weight excluding hydrogens is 312 g/mol. The van der Waals surface area contributed by atoms with E-state index in [1.54, 1.807) is 6.92 Å².